The molecule has 0 saturated carbocycles. The van der Waals surface area contributed by atoms with E-state index in [2.05, 4.69) is 21.4 Å². The lowest BCUT2D eigenvalue weighted by Crippen LogP contribution is -2.11. The van der Waals surface area contributed by atoms with Gasteiger partial charge in [0.2, 0.25) is 5.91 Å². The van der Waals surface area contributed by atoms with E-state index in [-0.39, 0.29) is 5.91 Å². The summed E-state index contributed by atoms with van der Waals surface area (Å²) in [6.45, 7) is 0. The Bertz CT molecular complexity index is 974. The quantitative estimate of drug-likeness (QED) is 0.528. The van der Waals surface area contributed by atoms with Gasteiger partial charge in [0, 0.05) is 24.1 Å². The SMILES string of the molecule is O=C(CCCc1cnco1)Nc1ccc(-c2nc3ccccc3s2)cc1. The van der Waals surface area contributed by atoms with Crippen LogP contribution in [0.15, 0.2) is 65.5 Å². The first kappa shape index (κ1) is 16.5. The zero-order chi connectivity index (χ0) is 17.8. The second-order valence-corrected chi connectivity index (χ2v) is 6.96. The largest absolute Gasteiger partial charge is 0.449 e. The van der Waals surface area contributed by atoms with Gasteiger partial charge >= 0.3 is 0 Å². The van der Waals surface area contributed by atoms with E-state index >= 15 is 0 Å². The molecule has 0 atom stereocenters. The van der Waals surface area contributed by atoms with Gasteiger partial charge in [0.1, 0.15) is 10.8 Å². The number of hydrogen-bond acceptors (Lipinski definition) is 5. The summed E-state index contributed by atoms with van der Waals surface area (Å²) in [6.07, 6.45) is 4.97. The standard InChI is InChI=1S/C20H17N3O2S/c24-19(7-3-4-16-12-21-13-25-16)22-15-10-8-14(9-11-15)20-23-17-5-1-2-6-18(17)26-20/h1-2,5-6,8-13H,3-4,7H2,(H,22,24). The van der Waals surface area contributed by atoms with E-state index in [0.29, 0.717) is 12.8 Å². The lowest BCUT2D eigenvalue weighted by Gasteiger charge is -2.05. The number of carbonyl (C=O) groups is 1. The lowest BCUT2D eigenvalue weighted by molar-refractivity contribution is -0.116. The molecule has 0 spiro atoms. The third-order valence-corrected chi connectivity index (χ3v) is 5.11. The summed E-state index contributed by atoms with van der Waals surface area (Å²) in [7, 11) is 0. The fourth-order valence-electron chi connectivity index (χ4n) is 2.70. The summed E-state index contributed by atoms with van der Waals surface area (Å²) in [5.41, 5.74) is 2.85. The number of fused-ring (bicyclic) bond motifs is 1. The van der Waals surface area contributed by atoms with Crippen molar-refractivity contribution in [3.05, 3.63) is 66.9 Å². The van der Waals surface area contributed by atoms with Crippen LogP contribution < -0.4 is 5.32 Å². The number of benzene rings is 2. The molecule has 2 aromatic carbocycles. The topological polar surface area (TPSA) is 68.0 Å². The highest BCUT2D eigenvalue weighted by Crippen LogP contribution is 2.30. The molecule has 0 fully saturated rings. The van der Waals surface area contributed by atoms with E-state index in [1.807, 2.05) is 42.5 Å². The lowest BCUT2D eigenvalue weighted by atomic mass is 10.2. The number of anilines is 1. The minimum Gasteiger partial charge on any atom is -0.449 e. The van der Waals surface area contributed by atoms with Crippen LogP contribution in [-0.2, 0) is 11.2 Å². The molecule has 4 aromatic rings. The van der Waals surface area contributed by atoms with E-state index in [9.17, 15) is 4.79 Å². The van der Waals surface area contributed by atoms with Crippen LogP contribution in [0.3, 0.4) is 0 Å². The second-order valence-electron chi connectivity index (χ2n) is 5.93. The van der Waals surface area contributed by atoms with Crippen LogP contribution in [0.5, 0.6) is 0 Å². The molecular weight excluding hydrogens is 346 g/mol. The van der Waals surface area contributed by atoms with Gasteiger partial charge in [-0.05, 0) is 42.8 Å². The van der Waals surface area contributed by atoms with Crippen molar-refractivity contribution in [3.8, 4) is 10.6 Å². The van der Waals surface area contributed by atoms with E-state index in [1.165, 1.54) is 11.1 Å². The van der Waals surface area contributed by atoms with Gasteiger partial charge in [0.05, 0.1) is 16.4 Å². The van der Waals surface area contributed by atoms with Crippen molar-refractivity contribution in [1.82, 2.24) is 9.97 Å². The van der Waals surface area contributed by atoms with Gasteiger partial charge in [-0.3, -0.25) is 4.79 Å². The molecule has 0 aliphatic rings. The van der Waals surface area contributed by atoms with Gasteiger partial charge in [-0.25, -0.2) is 9.97 Å². The van der Waals surface area contributed by atoms with Crippen LogP contribution in [0.25, 0.3) is 20.8 Å². The van der Waals surface area contributed by atoms with E-state index in [1.54, 1.807) is 17.5 Å². The number of hydrogen-bond donors (Lipinski definition) is 1. The number of rotatable bonds is 6. The number of aryl methyl sites for hydroxylation is 1. The predicted octanol–water partition coefficient (Wildman–Crippen LogP) is 4.91. The zero-order valence-electron chi connectivity index (χ0n) is 14.0. The van der Waals surface area contributed by atoms with E-state index in [0.717, 1.165) is 34.0 Å². The summed E-state index contributed by atoms with van der Waals surface area (Å²) < 4.78 is 6.34. The van der Waals surface area contributed by atoms with Gasteiger partial charge in [-0.1, -0.05) is 12.1 Å². The highest BCUT2D eigenvalue weighted by atomic mass is 32.1. The Balaban J connectivity index is 1.35. The maximum absolute atomic E-state index is 12.0. The molecule has 0 radical (unpaired) electrons. The minimum atomic E-state index is -0.00254. The van der Waals surface area contributed by atoms with Crippen molar-refractivity contribution >= 4 is 33.1 Å². The highest BCUT2D eigenvalue weighted by Gasteiger charge is 2.07. The molecule has 0 aliphatic heterocycles. The number of aromatic nitrogens is 2. The first-order valence-corrected chi connectivity index (χ1v) is 9.23. The number of nitrogens with zero attached hydrogens (tertiary/aromatic N) is 2. The van der Waals surface area contributed by atoms with Gasteiger partial charge in [0.15, 0.2) is 6.39 Å². The molecule has 2 heterocycles. The van der Waals surface area contributed by atoms with Crippen LogP contribution in [0.1, 0.15) is 18.6 Å². The molecule has 5 nitrogen and oxygen atoms in total. The highest BCUT2D eigenvalue weighted by molar-refractivity contribution is 7.21. The van der Waals surface area contributed by atoms with Crippen molar-refractivity contribution in [3.63, 3.8) is 0 Å². The van der Waals surface area contributed by atoms with Crippen LogP contribution >= 0.6 is 11.3 Å². The Morgan fingerprint density at radius 1 is 1.12 bits per heavy atom. The van der Waals surface area contributed by atoms with Gasteiger partial charge in [0.25, 0.3) is 0 Å². The number of nitrogens with one attached hydrogen (secondary N) is 1. The second kappa shape index (κ2) is 7.49. The molecule has 0 unspecified atom stereocenters. The van der Waals surface area contributed by atoms with Crippen LogP contribution in [-0.4, -0.2) is 15.9 Å². The molecule has 0 bridgehead atoms. The Hall–Kier alpha value is -2.99. The molecule has 0 saturated heterocycles. The van der Waals surface area contributed by atoms with Crippen molar-refractivity contribution < 1.29 is 9.21 Å². The third-order valence-electron chi connectivity index (χ3n) is 4.02. The minimum absolute atomic E-state index is 0.00254. The van der Waals surface area contributed by atoms with E-state index < -0.39 is 0 Å². The van der Waals surface area contributed by atoms with Crippen molar-refractivity contribution in [2.45, 2.75) is 19.3 Å². The monoisotopic (exact) mass is 363 g/mol. The number of carbonyl (C=O) groups excluding carboxylic acids is 1. The first-order chi connectivity index (χ1) is 12.8. The number of para-hydroxylation sites is 1. The smallest absolute Gasteiger partial charge is 0.224 e. The van der Waals surface area contributed by atoms with Crippen molar-refractivity contribution in [1.29, 1.82) is 0 Å². The van der Waals surface area contributed by atoms with E-state index in [4.69, 9.17) is 4.42 Å². The fourth-order valence-corrected chi connectivity index (χ4v) is 3.68. The van der Waals surface area contributed by atoms with Crippen LogP contribution in [0, 0.1) is 0 Å². The molecular formula is C20H17N3O2S. The van der Waals surface area contributed by atoms with Crippen LogP contribution in [0.2, 0.25) is 0 Å². The number of amides is 1. The first-order valence-electron chi connectivity index (χ1n) is 8.41. The van der Waals surface area contributed by atoms with Crippen LogP contribution in [0.4, 0.5) is 5.69 Å². The summed E-state index contributed by atoms with van der Waals surface area (Å²) in [6, 6.07) is 15.9. The molecule has 2 aromatic heterocycles. The van der Waals surface area contributed by atoms with Gasteiger partial charge < -0.3 is 9.73 Å². The normalized spacial score (nSPS) is 10.9. The van der Waals surface area contributed by atoms with Crippen molar-refractivity contribution in [2.75, 3.05) is 5.32 Å². The number of thiazole rings is 1. The Labute approximate surface area is 154 Å². The molecule has 130 valence electrons. The molecule has 26 heavy (non-hydrogen) atoms. The summed E-state index contributed by atoms with van der Waals surface area (Å²) in [5.74, 6) is 0.801. The maximum atomic E-state index is 12.0. The molecule has 4 rings (SSSR count). The Morgan fingerprint density at radius 2 is 1.96 bits per heavy atom. The maximum Gasteiger partial charge on any atom is 0.224 e. The molecule has 6 heteroatoms. The average molecular weight is 363 g/mol. The summed E-state index contributed by atoms with van der Waals surface area (Å²) in [4.78, 5) is 20.6. The van der Waals surface area contributed by atoms with Gasteiger partial charge in [-0.2, -0.15) is 0 Å². The molecule has 0 aliphatic carbocycles. The third kappa shape index (κ3) is 3.81. The van der Waals surface area contributed by atoms with Gasteiger partial charge in [-0.15, -0.1) is 11.3 Å². The van der Waals surface area contributed by atoms with Crippen molar-refractivity contribution in [2.24, 2.45) is 0 Å². The average Bonchev–Trinajstić information content (AvgIpc) is 3.31. The summed E-state index contributed by atoms with van der Waals surface area (Å²) >= 11 is 1.67. The Morgan fingerprint density at radius 3 is 2.73 bits per heavy atom. The molecule has 1 amide bonds. The fraction of sp³-hybridized carbons (Fsp3) is 0.150. The summed E-state index contributed by atoms with van der Waals surface area (Å²) in [5, 5.41) is 3.91. The predicted molar refractivity (Wildman–Crippen MR) is 103 cm³/mol. The zero-order valence-corrected chi connectivity index (χ0v) is 14.8. The number of oxazole rings is 1. The Kier molecular flexibility index (Phi) is 4.75. The molecule has 1 N–H and O–H groups in total.